The number of hydrogen-bond donors (Lipinski definition) is 0. The second-order valence-electron chi connectivity index (χ2n) is 4.00. The quantitative estimate of drug-likeness (QED) is 0.608. The van der Waals surface area contributed by atoms with Crippen LogP contribution in [0.15, 0.2) is 42.5 Å². The summed E-state index contributed by atoms with van der Waals surface area (Å²) in [6.45, 7) is 4.05. The van der Waals surface area contributed by atoms with Gasteiger partial charge in [-0.2, -0.15) is 0 Å². The van der Waals surface area contributed by atoms with Crippen LogP contribution in [-0.2, 0) is 4.87 Å². The normalized spacial score (nSPS) is 11.9. The summed E-state index contributed by atoms with van der Waals surface area (Å²) in [6, 6.07) is 14.6. The van der Waals surface area contributed by atoms with Crippen molar-refractivity contribution in [3.63, 3.8) is 0 Å². The molecule has 0 spiro atoms. The number of halogens is 1. The van der Waals surface area contributed by atoms with Gasteiger partial charge in [0.05, 0.1) is 4.87 Å². The summed E-state index contributed by atoms with van der Waals surface area (Å²) in [4.78, 5) is -0.305. The van der Waals surface area contributed by atoms with Crippen LogP contribution in [0.2, 0.25) is 0 Å². The maximum Gasteiger partial charge on any atom is 0.0644 e. The zero-order chi connectivity index (χ0) is 10.2. The molecule has 0 heterocycles. The Balaban J connectivity index is 2.78. The highest BCUT2D eigenvalue weighted by molar-refractivity contribution is 6.24. The second kappa shape index (κ2) is 3.29. The molecule has 0 aromatic heterocycles. The van der Waals surface area contributed by atoms with Gasteiger partial charge < -0.3 is 0 Å². The molecule has 0 aliphatic heterocycles. The zero-order valence-electron chi connectivity index (χ0n) is 8.42. The van der Waals surface area contributed by atoms with Gasteiger partial charge in [0.15, 0.2) is 0 Å². The van der Waals surface area contributed by atoms with Crippen LogP contribution in [0.5, 0.6) is 0 Å². The number of hydrogen-bond acceptors (Lipinski definition) is 0. The van der Waals surface area contributed by atoms with E-state index in [0.29, 0.717) is 0 Å². The highest BCUT2D eigenvalue weighted by Crippen LogP contribution is 2.33. The van der Waals surface area contributed by atoms with Crippen molar-refractivity contribution in [3.05, 3.63) is 48.0 Å². The zero-order valence-corrected chi connectivity index (χ0v) is 9.18. The van der Waals surface area contributed by atoms with E-state index in [1.165, 1.54) is 16.3 Å². The molecule has 2 aromatic rings. The van der Waals surface area contributed by atoms with Crippen LogP contribution in [0.3, 0.4) is 0 Å². The first-order chi connectivity index (χ1) is 6.59. The lowest BCUT2D eigenvalue weighted by Gasteiger charge is -2.18. The first-order valence-electron chi connectivity index (χ1n) is 4.76. The lowest BCUT2D eigenvalue weighted by molar-refractivity contribution is 0.774. The largest absolute Gasteiger partial charge is 0.115 e. The third-order valence-electron chi connectivity index (χ3n) is 2.43. The molecule has 1 heteroatoms. The van der Waals surface area contributed by atoms with Gasteiger partial charge in [0.25, 0.3) is 0 Å². The molecule has 0 saturated carbocycles. The van der Waals surface area contributed by atoms with Crippen LogP contribution in [0.1, 0.15) is 19.4 Å². The number of fused-ring (bicyclic) bond motifs is 1. The topological polar surface area (TPSA) is 0 Å². The van der Waals surface area contributed by atoms with E-state index in [1.54, 1.807) is 0 Å². The van der Waals surface area contributed by atoms with Crippen LogP contribution in [0.25, 0.3) is 10.8 Å². The third kappa shape index (κ3) is 1.62. The molecule has 0 aliphatic carbocycles. The Morgan fingerprint density at radius 2 is 1.57 bits per heavy atom. The van der Waals surface area contributed by atoms with E-state index in [4.69, 9.17) is 11.6 Å². The van der Waals surface area contributed by atoms with Gasteiger partial charge in [-0.25, -0.2) is 0 Å². The third-order valence-corrected chi connectivity index (χ3v) is 2.63. The van der Waals surface area contributed by atoms with Crippen molar-refractivity contribution >= 4 is 22.4 Å². The molecule has 2 aromatic carbocycles. The summed E-state index contributed by atoms with van der Waals surface area (Å²) in [6.07, 6.45) is 0. The molecule has 0 aliphatic rings. The molecule has 0 saturated heterocycles. The summed E-state index contributed by atoms with van der Waals surface area (Å²) >= 11 is 6.34. The molecule has 72 valence electrons. The van der Waals surface area contributed by atoms with Crippen molar-refractivity contribution in [1.29, 1.82) is 0 Å². The Morgan fingerprint density at radius 3 is 2.29 bits per heavy atom. The van der Waals surface area contributed by atoms with Gasteiger partial charge in [-0.1, -0.05) is 42.5 Å². The average molecular weight is 205 g/mol. The standard InChI is InChI=1S/C13H13Cl/c1-13(2,14)12-9-5-7-10-6-3-4-8-11(10)12/h3-9H,1-2H3. The molecule has 0 atom stereocenters. The van der Waals surface area contributed by atoms with E-state index < -0.39 is 0 Å². The molecule has 0 N–H and O–H groups in total. The lowest BCUT2D eigenvalue weighted by Crippen LogP contribution is -2.07. The van der Waals surface area contributed by atoms with Crippen LogP contribution < -0.4 is 0 Å². The van der Waals surface area contributed by atoms with Crippen LogP contribution >= 0.6 is 11.6 Å². The fourth-order valence-electron chi connectivity index (χ4n) is 1.74. The van der Waals surface area contributed by atoms with Gasteiger partial charge in [0.1, 0.15) is 0 Å². The maximum absolute atomic E-state index is 6.34. The van der Waals surface area contributed by atoms with Gasteiger partial charge >= 0.3 is 0 Å². The van der Waals surface area contributed by atoms with Crippen molar-refractivity contribution in [2.45, 2.75) is 18.7 Å². The summed E-state index contributed by atoms with van der Waals surface area (Å²) in [7, 11) is 0. The van der Waals surface area contributed by atoms with Crippen LogP contribution in [0.4, 0.5) is 0 Å². The number of alkyl halides is 1. The van der Waals surface area contributed by atoms with Crippen LogP contribution in [0, 0.1) is 0 Å². The summed E-state index contributed by atoms with van der Waals surface area (Å²) in [5, 5.41) is 2.49. The minimum atomic E-state index is -0.305. The van der Waals surface area contributed by atoms with Crippen molar-refractivity contribution < 1.29 is 0 Å². The Kier molecular flexibility index (Phi) is 2.24. The fourth-order valence-corrected chi connectivity index (χ4v) is 1.91. The fraction of sp³-hybridized carbons (Fsp3) is 0.231. The second-order valence-corrected chi connectivity index (χ2v) is 4.94. The lowest BCUT2D eigenvalue weighted by atomic mass is 9.95. The van der Waals surface area contributed by atoms with Crippen molar-refractivity contribution in [3.8, 4) is 0 Å². The summed E-state index contributed by atoms with van der Waals surface area (Å²) < 4.78 is 0. The molecule has 2 rings (SSSR count). The smallest absolute Gasteiger partial charge is 0.0644 e. The molecule has 14 heavy (non-hydrogen) atoms. The number of rotatable bonds is 1. The molecule has 0 unspecified atom stereocenters. The Bertz CT molecular complexity index is 447. The predicted molar refractivity (Wildman–Crippen MR) is 62.8 cm³/mol. The Morgan fingerprint density at radius 1 is 0.929 bits per heavy atom. The van der Waals surface area contributed by atoms with E-state index in [0.717, 1.165) is 0 Å². The monoisotopic (exact) mass is 204 g/mol. The molecule has 0 bridgehead atoms. The van der Waals surface area contributed by atoms with E-state index in [-0.39, 0.29) is 4.87 Å². The first-order valence-corrected chi connectivity index (χ1v) is 5.14. The molecular weight excluding hydrogens is 192 g/mol. The van der Waals surface area contributed by atoms with E-state index in [1.807, 2.05) is 19.9 Å². The first kappa shape index (κ1) is 9.54. The van der Waals surface area contributed by atoms with E-state index >= 15 is 0 Å². The summed E-state index contributed by atoms with van der Waals surface area (Å²) in [5.41, 5.74) is 1.19. The number of benzene rings is 2. The van der Waals surface area contributed by atoms with Crippen molar-refractivity contribution in [2.24, 2.45) is 0 Å². The molecule has 0 nitrogen and oxygen atoms in total. The molecule has 0 radical (unpaired) electrons. The Labute approximate surface area is 89.5 Å². The predicted octanol–water partition coefficient (Wildman–Crippen LogP) is 4.31. The highest BCUT2D eigenvalue weighted by atomic mass is 35.5. The van der Waals surface area contributed by atoms with E-state index in [2.05, 4.69) is 36.4 Å². The van der Waals surface area contributed by atoms with Gasteiger partial charge in [0, 0.05) is 0 Å². The Hall–Kier alpha value is -1.01. The minimum absolute atomic E-state index is 0.305. The van der Waals surface area contributed by atoms with Gasteiger partial charge in [-0.05, 0) is 30.2 Å². The van der Waals surface area contributed by atoms with Gasteiger partial charge in [-0.15, -0.1) is 11.6 Å². The molecule has 0 fully saturated rings. The SMILES string of the molecule is CC(C)(Cl)c1cccc2ccccc12. The van der Waals surface area contributed by atoms with Gasteiger partial charge in [-0.3, -0.25) is 0 Å². The van der Waals surface area contributed by atoms with Gasteiger partial charge in [0.2, 0.25) is 0 Å². The highest BCUT2D eigenvalue weighted by Gasteiger charge is 2.18. The molecular formula is C13H13Cl. The van der Waals surface area contributed by atoms with Crippen molar-refractivity contribution in [2.75, 3.05) is 0 Å². The van der Waals surface area contributed by atoms with Crippen molar-refractivity contribution in [1.82, 2.24) is 0 Å². The maximum atomic E-state index is 6.34. The minimum Gasteiger partial charge on any atom is -0.115 e. The van der Waals surface area contributed by atoms with Crippen LogP contribution in [-0.4, -0.2) is 0 Å². The summed E-state index contributed by atoms with van der Waals surface area (Å²) in [5.74, 6) is 0. The van der Waals surface area contributed by atoms with E-state index in [9.17, 15) is 0 Å². The average Bonchev–Trinajstić information content (AvgIpc) is 2.15. The molecule has 0 amide bonds.